The van der Waals surface area contributed by atoms with E-state index in [9.17, 15) is 4.79 Å². The van der Waals surface area contributed by atoms with E-state index in [1.165, 1.54) is 0 Å². The van der Waals surface area contributed by atoms with E-state index in [4.69, 9.17) is 5.11 Å². The number of hydrogen-bond acceptors (Lipinski definition) is 1. The lowest BCUT2D eigenvalue weighted by atomic mass is 10.7. The average molecular weight is 100 g/mol. The van der Waals surface area contributed by atoms with E-state index in [2.05, 4.69) is 6.58 Å². The molecular formula is C3H4O2Si. The van der Waals surface area contributed by atoms with Gasteiger partial charge < -0.3 is 5.11 Å². The van der Waals surface area contributed by atoms with E-state index in [0.717, 1.165) is 6.08 Å². The van der Waals surface area contributed by atoms with Gasteiger partial charge in [0.15, 0.2) is 0 Å². The molecule has 0 saturated heterocycles. The lowest BCUT2D eigenvalue weighted by molar-refractivity contribution is -0.131. The van der Waals surface area contributed by atoms with Gasteiger partial charge in [0.05, 0.1) is 0 Å². The summed E-state index contributed by atoms with van der Waals surface area (Å²) in [6.45, 7) is 2.96. The number of carboxylic acids is 1. The molecule has 4 radical (unpaired) electrons. The summed E-state index contributed by atoms with van der Waals surface area (Å²) in [6, 6.07) is 0. The quantitative estimate of drug-likeness (QED) is 0.368. The highest BCUT2D eigenvalue weighted by Crippen LogP contribution is 1.54. The fraction of sp³-hybridized carbons (Fsp3) is 0. The molecular weight excluding hydrogens is 96.1 g/mol. The first-order valence-electron chi connectivity index (χ1n) is 1.12. The Morgan fingerprint density at radius 3 is 2.00 bits per heavy atom. The highest BCUT2D eigenvalue weighted by molar-refractivity contribution is 5.78. The Hall–Kier alpha value is -0.573. The molecule has 0 bridgehead atoms. The summed E-state index contributed by atoms with van der Waals surface area (Å²) in [4.78, 5) is 9.25. The van der Waals surface area contributed by atoms with E-state index in [1.54, 1.807) is 0 Å². The summed E-state index contributed by atoms with van der Waals surface area (Å²) in [7, 11) is 0. The third kappa shape index (κ3) is 9.91. The molecule has 0 aromatic carbocycles. The molecule has 0 atom stereocenters. The van der Waals surface area contributed by atoms with Crippen molar-refractivity contribution in [3.63, 3.8) is 0 Å². The molecule has 0 spiro atoms. The molecule has 0 aromatic rings. The number of aliphatic carboxylic acids is 1. The van der Waals surface area contributed by atoms with E-state index in [1.807, 2.05) is 0 Å². The first-order valence-corrected chi connectivity index (χ1v) is 1.12. The highest BCUT2D eigenvalue weighted by Gasteiger charge is 1.73. The van der Waals surface area contributed by atoms with Crippen molar-refractivity contribution in [2.45, 2.75) is 0 Å². The second kappa shape index (κ2) is 4.43. The van der Waals surface area contributed by atoms with Crippen LogP contribution in [0.3, 0.4) is 0 Å². The van der Waals surface area contributed by atoms with Crippen LogP contribution in [0.1, 0.15) is 0 Å². The molecule has 0 heterocycles. The molecule has 0 saturated carbocycles. The van der Waals surface area contributed by atoms with Gasteiger partial charge in [-0.25, -0.2) is 4.79 Å². The molecule has 0 unspecified atom stereocenters. The summed E-state index contributed by atoms with van der Waals surface area (Å²) >= 11 is 0. The summed E-state index contributed by atoms with van der Waals surface area (Å²) in [6.07, 6.45) is 0.833. The topological polar surface area (TPSA) is 37.3 Å². The minimum atomic E-state index is -0.981. The van der Waals surface area contributed by atoms with Gasteiger partial charge in [0.1, 0.15) is 0 Å². The summed E-state index contributed by atoms with van der Waals surface area (Å²) in [5, 5.41) is 7.60. The standard InChI is InChI=1S/C3H4O2.Si/c1-2-3(4)5;/h2H,1H2,(H,4,5);. The van der Waals surface area contributed by atoms with Gasteiger partial charge in [0.2, 0.25) is 0 Å². The molecule has 3 heteroatoms. The Morgan fingerprint density at radius 2 is 2.00 bits per heavy atom. The van der Waals surface area contributed by atoms with Crippen LogP contribution < -0.4 is 0 Å². The van der Waals surface area contributed by atoms with Gasteiger partial charge >= 0.3 is 5.97 Å². The maximum Gasteiger partial charge on any atom is 0.327 e. The Balaban J connectivity index is 0. The van der Waals surface area contributed by atoms with E-state index in [-0.39, 0.29) is 11.0 Å². The van der Waals surface area contributed by atoms with Crippen LogP contribution in [0.5, 0.6) is 0 Å². The van der Waals surface area contributed by atoms with Crippen molar-refractivity contribution in [1.29, 1.82) is 0 Å². The van der Waals surface area contributed by atoms with Crippen LogP contribution in [0.25, 0.3) is 0 Å². The Kier molecular flexibility index (Phi) is 6.68. The van der Waals surface area contributed by atoms with Crippen molar-refractivity contribution in [1.82, 2.24) is 0 Å². The largest absolute Gasteiger partial charge is 0.478 e. The van der Waals surface area contributed by atoms with E-state index < -0.39 is 5.97 Å². The van der Waals surface area contributed by atoms with Gasteiger partial charge in [-0.15, -0.1) is 0 Å². The van der Waals surface area contributed by atoms with Crippen LogP contribution >= 0.6 is 0 Å². The summed E-state index contributed by atoms with van der Waals surface area (Å²) < 4.78 is 0. The molecule has 0 aliphatic heterocycles. The smallest absolute Gasteiger partial charge is 0.327 e. The summed E-state index contributed by atoms with van der Waals surface area (Å²) in [5.41, 5.74) is 0. The van der Waals surface area contributed by atoms with Crippen molar-refractivity contribution in [3.8, 4) is 0 Å². The molecule has 0 rings (SSSR count). The predicted molar refractivity (Wildman–Crippen MR) is 23.6 cm³/mol. The second-order valence-electron chi connectivity index (χ2n) is 0.542. The molecule has 0 aliphatic rings. The Labute approximate surface area is 40.5 Å². The first kappa shape index (κ1) is 9.06. The van der Waals surface area contributed by atoms with Gasteiger partial charge in [-0.05, 0) is 0 Å². The van der Waals surface area contributed by atoms with Crippen molar-refractivity contribution in [2.24, 2.45) is 0 Å². The van der Waals surface area contributed by atoms with Crippen molar-refractivity contribution < 1.29 is 9.90 Å². The third-order valence-electron chi connectivity index (χ3n) is 0.175. The molecule has 0 aromatic heterocycles. The highest BCUT2D eigenvalue weighted by atomic mass is 28.1. The second-order valence-corrected chi connectivity index (χ2v) is 0.542. The van der Waals surface area contributed by atoms with Gasteiger partial charge in [-0.2, -0.15) is 0 Å². The third-order valence-corrected chi connectivity index (χ3v) is 0.175. The normalized spacial score (nSPS) is 5.33. The zero-order valence-corrected chi connectivity index (χ0v) is 4.14. The van der Waals surface area contributed by atoms with Gasteiger partial charge in [0, 0.05) is 17.0 Å². The SMILES string of the molecule is C=CC(=O)O.[Si]. The molecule has 32 valence electrons. The van der Waals surface area contributed by atoms with Crippen LogP contribution in [-0.2, 0) is 4.79 Å². The fourth-order valence-corrected chi connectivity index (χ4v) is 0. The molecule has 6 heavy (non-hydrogen) atoms. The number of carbonyl (C=O) groups is 1. The van der Waals surface area contributed by atoms with E-state index in [0.29, 0.717) is 0 Å². The molecule has 0 aliphatic carbocycles. The molecule has 2 nitrogen and oxygen atoms in total. The average Bonchev–Trinajstić information content (AvgIpc) is 1.38. The monoisotopic (exact) mass is 100.0 g/mol. The minimum Gasteiger partial charge on any atom is -0.478 e. The molecule has 1 N–H and O–H groups in total. The lowest BCUT2D eigenvalue weighted by Crippen LogP contribution is -1.82. The first-order chi connectivity index (χ1) is 2.27. The van der Waals surface area contributed by atoms with E-state index >= 15 is 0 Å². The van der Waals surface area contributed by atoms with Gasteiger partial charge in [-0.3, -0.25) is 0 Å². The molecule has 0 amide bonds. The maximum absolute atomic E-state index is 9.25. The fourth-order valence-electron chi connectivity index (χ4n) is 0. The number of rotatable bonds is 1. The van der Waals surface area contributed by atoms with Gasteiger partial charge in [-0.1, -0.05) is 6.58 Å². The minimum absolute atomic E-state index is 0. The zero-order valence-electron chi connectivity index (χ0n) is 3.14. The zero-order chi connectivity index (χ0) is 4.28. The summed E-state index contributed by atoms with van der Waals surface area (Å²) in [5.74, 6) is -0.981. The van der Waals surface area contributed by atoms with Crippen LogP contribution in [-0.4, -0.2) is 22.0 Å². The Bertz CT molecular complexity index is 59.8. The number of carboxylic acid groups (broad SMARTS) is 1. The van der Waals surface area contributed by atoms with Crippen molar-refractivity contribution in [2.75, 3.05) is 0 Å². The van der Waals surface area contributed by atoms with Crippen LogP contribution in [0.2, 0.25) is 0 Å². The Morgan fingerprint density at radius 1 is 1.83 bits per heavy atom. The van der Waals surface area contributed by atoms with Crippen LogP contribution in [0.15, 0.2) is 12.7 Å². The maximum atomic E-state index is 9.25. The van der Waals surface area contributed by atoms with Crippen LogP contribution in [0, 0.1) is 0 Å². The van der Waals surface area contributed by atoms with Gasteiger partial charge in [0.25, 0.3) is 0 Å². The predicted octanol–water partition coefficient (Wildman–Crippen LogP) is -0.124. The van der Waals surface area contributed by atoms with Crippen molar-refractivity contribution in [3.05, 3.63) is 12.7 Å². The van der Waals surface area contributed by atoms with Crippen molar-refractivity contribution >= 4 is 16.9 Å². The molecule has 0 fully saturated rings. The van der Waals surface area contributed by atoms with Crippen LogP contribution in [0.4, 0.5) is 0 Å². The lowest BCUT2D eigenvalue weighted by Gasteiger charge is -1.64. The number of hydrogen-bond donors (Lipinski definition) is 1.